The molecule has 17 heavy (non-hydrogen) atoms. The van der Waals surface area contributed by atoms with Crippen LogP contribution in [-0.2, 0) is 9.53 Å². The number of benzene rings is 1. The van der Waals surface area contributed by atoms with Crippen LogP contribution in [0.3, 0.4) is 0 Å². The Bertz CT molecular complexity index is 437. The highest BCUT2D eigenvalue weighted by atomic mass is 32.2. The summed E-state index contributed by atoms with van der Waals surface area (Å²) in [6, 6.07) is 3.75. The van der Waals surface area contributed by atoms with E-state index >= 15 is 0 Å². The Kier molecular flexibility index (Phi) is 4.96. The second-order valence-corrected chi connectivity index (χ2v) is 4.03. The molecule has 0 fully saturated rings. The van der Waals surface area contributed by atoms with E-state index in [0.29, 0.717) is 11.4 Å². The van der Waals surface area contributed by atoms with Crippen LogP contribution in [-0.4, -0.2) is 31.0 Å². The maximum Gasteiger partial charge on any atom is 0.340 e. The highest BCUT2D eigenvalue weighted by Crippen LogP contribution is 2.16. The molecule has 0 aliphatic carbocycles. The molecule has 0 unspecified atom stereocenters. The van der Waals surface area contributed by atoms with Gasteiger partial charge in [0.2, 0.25) is 5.91 Å². The number of ether oxygens (including phenoxy) is 1. The highest BCUT2D eigenvalue weighted by molar-refractivity contribution is 7.99. The molecule has 1 rings (SSSR count). The van der Waals surface area contributed by atoms with E-state index in [0.717, 1.165) is 6.07 Å². The number of anilines is 1. The third-order valence-electron chi connectivity index (χ3n) is 1.93. The summed E-state index contributed by atoms with van der Waals surface area (Å²) in [5, 5.41) is 2.56. The minimum absolute atomic E-state index is 0.200. The summed E-state index contributed by atoms with van der Waals surface area (Å²) in [7, 11) is 1.17. The summed E-state index contributed by atoms with van der Waals surface area (Å²) in [5.41, 5.74) is 0.167. The number of hydrogen-bond acceptors (Lipinski definition) is 4. The Morgan fingerprint density at radius 3 is 2.76 bits per heavy atom. The Morgan fingerprint density at radius 2 is 2.18 bits per heavy atom. The van der Waals surface area contributed by atoms with Gasteiger partial charge in [-0.25, -0.2) is 9.18 Å². The Hall–Kier alpha value is -1.56. The van der Waals surface area contributed by atoms with Gasteiger partial charge in [0.15, 0.2) is 0 Å². The standard InChI is InChI=1S/C11H12FNO3S/c1-16-11(15)8-5-7(3-4-9(8)12)13-10(14)6-17-2/h3-5H,6H2,1-2H3,(H,13,14). The fraction of sp³-hybridized carbons (Fsp3) is 0.273. The van der Waals surface area contributed by atoms with E-state index in [1.807, 2.05) is 0 Å². The van der Waals surface area contributed by atoms with E-state index in [4.69, 9.17) is 0 Å². The molecule has 0 aromatic heterocycles. The van der Waals surface area contributed by atoms with Crippen LogP contribution in [0.5, 0.6) is 0 Å². The lowest BCUT2D eigenvalue weighted by Crippen LogP contribution is -2.14. The van der Waals surface area contributed by atoms with Gasteiger partial charge in [-0.05, 0) is 24.5 Å². The molecule has 1 aromatic rings. The minimum Gasteiger partial charge on any atom is -0.465 e. The van der Waals surface area contributed by atoms with Gasteiger partial charge >= 0.3 is 5.97 Å². The van der Waals surface area contributed by atoms with Crippen LogP contribution >= 0.6 is 11.8 Å². The molecule has 4 nitrogen and oxygen atoms in total. The van der Waals surface area contributed by atoms with Crippen LogP contribution in [0.1, 0.15) is 10.4 Å². The molecule has 0 spiro atoms. The van der Waals surface area contributed by atoms with Crippen molar-refractivity contribution in [2.24, 2.45) is 0 Å². The van der Waals surface area contributed by atoms with Gasteiger partial charge in [-0.2, -0.15) is 11.8 Å². The van der Waals surface area contributed by atoms with Gasteiger partial charge in [0.25, 0.3) is 0 Å². The number of hydrogen-bond donors (Lipinski definition) is 1. The lowest BCUT2D eigenvalue weighted by Gasteiger charge is -2.06. The molecule has 0 atom stereocenters. The molecule has 6 heteroatoms. The van der Waals surface area contributed by atoms with Crippen molar-refractivity contribution >= 4 is 29.3 Å². The normalized spacial score (nSPS) is 9.82. The second kappa shape index (κ2) is 6.24. The first-order valence-electron chi connectivity index (χ1n) is 4.75. The molecule has 0 radical (unpaired) electrons. The number of amides is 1. The van der Waals surface area contributed by atoms with E-state index in [2.05, 4.69) is 10.1 Å². The maximum absolute atomic E-state index is 13.3. The summed E-state index contributed by atoms with van der Waals surface area (Å²) in [6.07, 6.45) is 1.80. The third-order valence-corrected chi connectivity index (χ3v) is 2.48. The minimum atomic E-state index is -0.775. The summed E-state index contributed by atoms with van der Waals surface area (Å²) >= 11 is 1.37. The van der Waals surface area contributed by atoms with E-state index in [1.165, 1.54) is 31.0 Å². The lowest BCUT2D eigenvalue weighted by atomic mass is 10.2. The van der Waals surface area contributed by atoms with Crippen molar-refractivity contribution in [2.45, 2.75) is 0 Å². The van der Waals surface area contributed by atoms with Crippen LogP contribution in [0.2, 0.25) is 0 Å². The third kappa shape index (κ3) is 3.74. The quantitative estimate of drug-likeness (QED) is 0.837. The zero-order valence-electron chi connectivity index (χ0n) is 9.45. The molecule has 0 heterocycles. The first kappa shape index (κ1) is 13.5. The molecular weight excluding hydrogens is 245 g/mol. The van der Waals surface area contributed by atoms with Crippen LogP contribution in [0.4, 0.5) is 10.1 Å². The van der Waals surface area contributed by atoms with Crippen LogP contribution < -0.4 is 5.32 Å². The van der Waals surface area contributed by atoms with E-state index in [1.54, 1.807) is 6.26 Å². The van der Waals surface area contributed by atoms with Crippen molar-refractivity contribution in [2.75, 3.05) is 24.4 Å². The van der Waals surface area contributed by atoms with E-state index < -0.39 is 11.8 Å². The largest absolute Gasteiger partial charge is 0.465 e. The molecule has 1 N–H and O–H groups in total. The van der Waals surface area contributed by atoms with E-state index in [9.17, 15) is 14.0 Å². The van der Waals surface area contributed by atoms with E-state index in [-0.39, 0.29) is 11.5 Å². The van der Waals surface area contributed by atoms with Gasteiger partial charge in [0.1, 0.15) is 5.82 Å². The fourth-order valence-electron chi connectivity index (χ4n) is 1.20. The molecule has 1 amide bonds. The number of carbonyl (C=O) groups excluding carboxylic acids is 2. The molecule has 1 aromatic carbocycles. The Balaban J connectivity index is 2.89. The zero-order valence-corrected chi connectivity index (χ0v) is 10.3. The average Bonchev–Trinajstić information content (AvgIpc) is 2.31. The molecule has 0 aliphatic heterocycles. The Labute approximate surface area is 103 Å². The van der Waals surface area contributed by atoms with Crippen molar-refractivity contribution in [3.8, 4) is 0 Å². The molecule has 0 bridgehead atoms. The predicted molar refractivity (Wildman–Crippen MR) is 64.8 cm³/mol. The molecule has 0 aliphatic rings. The monoisotopic (exact) mass is 257 g/mol. The first-order chi connectivity index (χ1) is 8.08. The van der Waals surface area contributed by atoms with Gasteiger partial charge < -0.3 is 10.1 Å². The van der Waals surface area contributed by atoms with Gasteiger partial charge in [-0.3, -0.25) is 4.79 Å². The summed E-state index contributed by atoms with van der Waals surface area (Å²) in [6.45, 7) is 0. The van der Waals surface area contributed by atoms with Crippen molar-refractivity contribution in [1.82, 2.24) is 0 Å². The van der Waals surface area contributed by atoms with Crippen molar-refractivity contribution in [3.63, 3.8) is 0 Å². The van der Waals surface area contributed by atoms with Crippen molar-refractivity contribution in [3.05, 3.63) is 29.6 Å². The number of methoxy groups -OCH3 is 1. The summed E-state index contributed by atoms with van der Waals surface area (Å²) < 4.78 is 17.7. The highest BCUT2D eigenvalue weighted by Gasteiger charge is 2.13. The number of thioether (sulfide) groups is 1. The van der Waals surface area contributed by atoms with Crippen molar-refractivity contribution < 1.29 is 18.7 Å². The Morgan fingerprint density at radius 1 is 1.47 bits per heavy atom. The number of nitrogens with one attached hydrogen (secondary N) is 1. The molecular formula is C11H12FNO3S. The maximum atomic E-state index is 13.3. The van der Waals surface area contributed by atoms with Crippen LogP contribution in [0, 0.1) is 5.82 Å². The summed E-state index contributed by atoms with van der Waals surface area (Å²) in [4.78, 5) is 22.5. The van der Waals surface area contributed by atoms with Gasteiger partial charge in [0.05, 0.1) is 18.4 Å². The number of esters is 1. The average molecular weight is 257 g/mol. The fourth-order valence-corrected chi connectivity index (χ4v) is 1.53. The number of carbonyl (C=O) groups is 2. The van der Waals surface area contributed by atoms with Gasteiger partial charge in [-0.15, -0.1) is 0 Å². The smallest absolute Gasteiger partial charge is 0.340 e. The van der Waals surface area contributed by atoms with Crippen LogP contribution in [0.15, 0.2) is 18.2 Å². The second-order valence-electron chi connectivity index (χ2n) is 3.17. The number of halogens is 1. The number of rotatable bonds is 4. The predicted octanol–water partition coefficient (Wildman–Crippen LogP) is 1.91. The van der Waals surface area contributed by atoms with Crippen LogP contribution in [0.25, 0.3) is 0 Å². The zero-order chi connectivity index (χ0) is 12.8. The summed E-state index contributed by atoms with van der Waals surface area (Å²) in [5.74, 6) is -1.37. The van der Waals surface area contributed by atoms with Gasteiger partial charge in [-0.1, -0.05) is 0 Å². The first-order valence-corrected chi connectivity index (χ1v) is 6.14. The lowest BCUT2D eigenvalue weighted by molar-refractivity contribution is -0.113. The SMILES string of the molecule is COC(=O)c1cc(NC(=O)CSC)ccc1F. The molecule has 0 saturated heterocycles. The van der Waals surface area contributed by atoms with Crippen molar-refractivity contribution in [1.29, 1.82) is 0 Å². The topological polar surface area (TPSA) is 55.4 Å². The molecule has 92 valence electrons. The van der Waals surface area contributed by atoms with Gasteiger partial charge in [0, 0.05) is 5.69 Å². The molecule has 0 saturated carbocycles.